The zero-order valence-electron chi connectivity index (χ0n) is 10.7. The van der Waals surface area contributed by atoms with Gasteiger partial charge in [-0.2, -0.15) is 0 Å². The van der Waals surface area contributed by atoms with Crippen LogP contribution in [0.25, 0.3) is 0 Å². The van der Waals surface area contributed by atoms with Gasteiger partial charge in [-0.15, -0.1) is 0 Å². The van der Waals surface area contributed by atoms with Crippen LogP contribution in [0.2, 0.25) is 5.02 Å². The molecule has 0 aliphatic rings. The zero-order valence-corrected chi connectivity index (χ0v) is 11.4. The van der Waals surface area contributed by atoms with E-state index in [1.807, 2.05) is 11.6 Å². The lowest BCUT2D eigenvalue weighted by Gasteiger charge is -2.07. The minimum absolute atomic E-state index is 0.281. The molecule has 0 saturated carbocycles. The normalized spacial score (nSPS) is 10.6. The summed E-state index contributed by atoms with van der Waals surface area (Å²) in [6, 6.07) is 2.02. The maximum Gasteiger partial charge on any atom is 0.254 e. The van der Waals surface area contributed by atoms with Crippen molar-refractivity contribution in [3.8, 4) is 0 Å². The largest absolute Gasteiger partial charge is 0.351 e. The van der Waals surface area contributed by atoms with E-state index < -0.39 is 22.6 Å². The molecule has 4 nitrogen and oxygen atoms in total. The Hall–Kier alpha value is -1.95. The van der Waals surface area contributed by atoms with Crippen molar-refractivity contribution in [3.63, 3.8) is 0 Å². The maximum absolute atomic E-state index is 13.6. The van der Waals surface area contributed by atoms with Crippen LogP contribution in [-0.2, 0) is 13.5 Å². The predicted octanol–water partition coefficient (Wildman–Crippen LogP) is 2.32. The summed E-state index contributed by atoms with van der Waals surface area (Å²) in [4.78, 5) is 15.9. The average Bonchev–Trinajstić information content (AvgIpc) is 2.82. The fraction of sp³-hybridized carbons (Fsp3) is 0.231. The second-order valence-corrected chi connectivity index (χ2v) is 4.56. The second kappa shape index (κ2) is 6.00. The Labute approximate surface area is 119 Å². The van der Waals surface area contributed by atoms with Gasteiger partial charge in [0.05, 0.1) is 5.56 Å². The van der Waals surface area contributed by atoms with Crippen LogP contribution in [0.3, 0.4) is 0 Å². The highest BCUT2D eigenvalue weighted by Crippen LogP contribution is 2.21. The van der Waals surface area contributed by atoms with Crippen LogP contribution >= 0.6 is 11.6 Å². The molecule has 7 heteroatoms. The molecular weight excluding hydrogens is 288 g/mol. The molecule has 2 aromatic rings. The van der Waals surface area contributed by atoms with E-state index in [4.69, 9.17) is 11.6 Å². The number of aromatic nitrogens is 2. The third kappa shape index (κ3) is 2.96. The van der Waals surface area contributed by atoms with E-state index in [1.54, 1.807) is 12.4 Å². The molecule has 0 spiro atoms. The number of nitrogens with zero attached hydrogens (tertiary/aromatic N) is 2. The number of nitrogens with one attached hydrogen (secondary N) is 1. The molecule has 1 aromatic carbocycles. The maximum atomic E-state index is 13.6. The molecule has 2 rings (SSSR count). The molecule has 1 N–H and O–H groups in total. The van der Waals surface area contributed by atoms with E-state index in [2.05, 4.69) is 10.3 Å². The van der Waals surface area contributed by atoms with Crippen molar-refractivity contribution in [1.82, 2.24) is 14.9 Å². The van der Waals surface area contributed by atoms with Crippen molar-refractivity contribution in [3.05, 3.63) is 52.6 Å². The summed E-state index contributed by atoms with van der Waals surface area (Å²) in [6.07, 6.45) is 3.94. The van der Waals surface area contributed by atoms with Crippen molar-refractivity contribution >= 4 is 17.5 Å². The lowest BCUT2D eigenvalue weighted by atomic mass is 10.2. The first kappa shape index (κ1) is 14.5. The number of hydrogen-bond acceptors (Lipinski definition) is 2. The molecule has 1 heterocycles. The number of aryl methyl sites for hydroxylation is 1. The molecule has 0 radical (unpaired) electrons. The summed E-state index contributed by atoms with van der Waals surface area (Å²) in [7, 11) is 1.84. The average molecular weight is 300 g/mol. The Morgan fingerprint density at radius 3 is 2.85 bits per heavy atom. The topological polar surface area (TPSA) is 46.9 Å². The van der Waals surface area contributed by atoms with Crippen LogP contribution in [0.1, 0.15) is 16.2 Å². The summed E-state index contributed by atoms with van der Waals surface area (Å²) < 4.78 is 28.4. The molecular formula is C13H12ClF2N3O. The first-order chi connectivity index (χ1) is 9.50. The van der Waals surface area contributed by atoms with Crippen LogP contribution in [-0.4, -0.2) is 22.0 Å². The molecule has 20 heavy (non-hydrogen) atoms. The number of imidazole rings is 1. The number of rotatable bonds is 4. The molecule has 0 fully saturated rings. The SMILES string of the molecule is Cn1ccnc1CCNC(=O)c1ccc(F)c(Cl)c1F. The summed E-state index contributed by atoms with van der Waals surface area (Å²) in [5.41, 5.74) is -0.281. The van der Waals surface area contributed by atoms with E-state index in [-0.39, 0.29) is 12.1 Å². The van der Waals surface area contributed by atoms with Gasteiger partial charge in [-0.05, 0) is 12.1 Å². The standard InChI is InChI=1S/C13H12ClF2N3O/c1-19-7-6-17-10(19)4-5-18-13(20)8-2-3-9(15)11(14)12(8)16/h2-3,6-7H,4-5H2,1H3,(H,18,20). The van der Waals surface area contributed by atoms with Gasteiger partial charge in [-0.1, -0.05) is 11.6 Å². The van der Waals surface area contributed by atoms with Crippen molar-refractivity contribution < 1.29 is 13.6 Å². The summed E-state index contributed by atoms with van der Waals surface area (Å²) in [5, 5.41) is 1.86. The van der Waals surface area contributed by atoms with E-state index in [0.717, 1.165) is 18.0 Å². The van der Waals surface area contributed by atoms with E-state index in [1.165, 1.54) is 0 Å². The lowest BCUT2D eigenvalue weighted by Crippen LogP contribution is -2.27. The van der Waals surface area contributed by atoms with Crippen molar-refractivity contribution in [2.45, 2.75) is 6.42 Å². The molecule has 0 atom stereocenters. The molecule has 0 unspecified atom stereocenters. The lowest BCUT2D eigenvalue weighted by molar-refractivity contribution is 0.0950. The van der Waals surface area contributed by atoms with Crippen LogP contribution < -0.4 is 5.32 Å². The number of amides is 1. The summed E-state index contributed by atoms with van der Waals surface area (Å²) >= 11 is 5.42. The van der Waals surface area contributed by atoms with Crippen LogP contribution in [0.15, 0.2) is 24.5 Å². The third-order valence-corrected chi connectivity index (χ3v) is 3.18. The van der Waals surface area contributed by atoms with Gasteiger partial charge >= 0.3 is 0 Å². The van der Waals surface area contributed by atoms with E-state index >= 15 is 0 Å². The molecule has 1 aromatic heterocycles. The molecule has 0 saturated heterocycles. The number of hydrogen-bond donors (Lipinski definition) is 1. The Bertz CT molecular complexity index is 643. The van der Waals surface area contributed by atoms with Gasteiger partial charge in [-0.25, -0.2) is 13.8 Å². The van der Waals surface area contributed by atoms with E-state index in [9.17, 15) is 13.6 Å². The van der Waals surface area contributed by atoms with Gasteiger partial charge in [-0.3, -0.25) is 4.79 Å². The summed E-state index contributed by atoms with van der Waals surface area (Å²) in [5.74, 6) is -1.79. The molecule has 0 bridgehead atoms. The third-order valence-electron chi connectivity index (χ3n) is 2.83. The van der Waals surface area contributed by atoms with Gasteiger partial charge in [0.25, 0.3) is 5.91 Å². The van der Waals surface area contributed by atoms with Gasteiger partial charge in [0.2, 0.25) is 0 Å². The fourth-order valence-corrected chi connectivity index (χ4v) is 1.89. The number of carbonyl (C=O) groups is 1. The smallest absolute Gasteiger partial charge is 0.254 e. The van der Waals surface area contributed by atoms with E-state index in [0.29, 0.717) is 6.42 Å². The molecule has 106 valence electrons. The van der Waals surface area contributed by atoms with Gasteiger partial charge < -0.3 is 9.88 Å². The van der Waals surface area contributed by atoms with Crippen molar-refractivity contribution in [2.75, 3.05) is 6.54 Å². The molecule has 0 aliphatic carbocycles. The fourth-order valence-electron chi connectivity index (χ4n) is 1.72. The van der Waals surface area contributed by atoms with Gasteiger partial charge in [0, 0.05) is 32.4 Å². The highest BCUT2D eigenvalue weighted by molar-refractivity contribution is 6.31. The Morgan fingerprint density at radius 1 is 1.45 bits per heavy atom. The minimum Gasteiger partial charge on any atom is -0.351 e. The molecule has 0 aliphatic heterocycles. The quantitative estimate of drug-likeness (QED) is 0.881. The monoisotopic (exact) mass is 299 g/mol. The molecule has 1 amide bonds. The van der Waals surface area contributed by atoms with Crippen LogP contribution in [0.4, 0.5) is 8.78 Å². The highest BCUT2D eigenvalue weighted by Gasteiger charge is 2.17. The predicted molar refractivity (Wildman–Crippen MR) is 70.6 cm³/mol. The van der Waals surface area contributed by atoms with Crippen molar-refractivity contribution in [1.29, 1.82) is 0 Å². The van der Waals surface area contributed by atoms with Gasteiger partial charge in [0.1, 0.15) is 16.7 Å². The minimum atomic E-state index is -1.05. The Balaban J connectivity index is 1.99. The van der Waals surface area contributed by atoms with Gasteiger partial charge in [0.15, 0.2) is 5.82 Å². The Kier molecular flexibility index (Phi) is 4.34. The first-order valence-electron chi connectivity index (χ1n) is 5.88. The van der Waals surface area contributed by atoms with Crippen LogP contribution in [0, 0.1) is 11.6 Å². The first-order valence-corrected chi connectivity index (χ1v) is 6.26. The number of benzene rings is 1. The summed E-state index contributed by atoms with van der Waals surface area (Å²) in [6.45, 7) is 0.290. The van der Waals surface area contributed by atoms with Crippen molar-refractivity contribution in [2.24, 2.45) is 7.05 Å². The van der Waals surface area contributed by atoms with Crippen LogP contribution in [0.5, 0.6) is 0 Å². The zero-order chi connectivity index (χ0) is 14.7. The Morgan fingerprint density at radius 2 is 2.20 bits per heavy atom. The highest BCUT2D eigenvalue weighted by atomic mass is 35.5. The number of carbonyl (C=O) groups excluding carboxylic acids is 1. The number of halogens is 3. The second-order valence-electron chi connectivity index (χ2n) is 4.18.